The summed E-state index contributed by atoms with van der Waals surface area (Å²) in [5.41, 5.74) is 2.04. The molecule has 2 aromatic heterocycles. The van der Waals surface area contributed by atoms with Crippen LogP contribution in [-0.2, 0) is 17.9 Å². The highest BCUT2D eigenvalue weighted by molar-refractivity contribution is 7.09. The number of benzene rings is 1. The Labute approximate surface area is 159 Å². The number of carbonyl (C=O) groups excluding carboxylic acids is 1. The number of nitrogens with one attached hydrogen (secondary N) is 1. The number of carbonyl (C=O) groups is 1. The maximum atomic E-state index is 11.9. The summed E-state index contributed by atoms with van der Waals surface area (Å²) >= 11 is 7.42. The molecule has 0 unspecified atom stereocenters. The first kappa shape index (κ1) is 18.4. The summed E-state index contributed by atoms with van der Waals surface area (Å²) in [6, 6.07) is 7.17. The molecule has 26 heavy (non-hydrogen) atoms. The minimum atomic E-state index is -0.588. The third-order valence-electron chi connectivity index (χ3n) is 3.45. The fraction of sp³-hybridized carbons (Fsp3) is 0.235. The van der Waals surface area contributed by atoms with E-state index in [1.807, 2.05) is 17.5 Å². The van der Waals surface area contributed by atoms with E-state index in [-0.39, 0.29) is 6.61 Å². The summed E-state index contributed by atoms with van der Waals surface area (Å²) < 4.78 is 6.80. The zero-order valence-electron chi connectivity index (χ0n) is 13.9. The number of aromatic nitrogens is 3. The van der Waals surface area contributed by atoms with Crippen molar-refractivity contribution in [3.05, 3.63) is 63.3 Å². The van der Waals surface area contributed by atoms with Crippen LogP contribution in [0.5, 0.6) is 0 Å². The lowest BCUT2D eigenvalue weighted by Crippen LogP contribution is -2.13. The van der Waals surface area contributed by atoms with Crippen molar-refractivity contribution in [3.63, 3.8) is 0 Å². The molecule has 1 amide bonds. The smallest absolute Gasteiger partial charge is 0.412 e. The minimum absolute atomic E-state index is 0.0839. The second kappa shape index (κ2) is 8.31. The summed E-state index contributed by atoms with van der Waals surface area (Å²) in [4.78, 5) is 16.2. The molecule has 0 radical (unpaired) electrons. The Balaban J connectivity index is 1.52. The Morgan fingerprint density at radius 3 is 3.00 bits per heavy atom. The number of thiazole rings is 1. The molecule has 0 aliphatic carbocycles. The number of hydrogen-bond acceptors (Lipinski definition) is 6. The molecule has 7 nitrogen and oxygen atoms in total. The van der Waals surface area contributed by atoms with E-state index in [9.17, 15) is 9.90 Å². The number of nitrogens with zero attached hydrogens (tertiary/aromatic N) is 3. The van der Waals surface area contributed by atoms with E-state index in [2.05, 4.69) is 15.4 Å². The molecule has 9 heteroatoms. The predicted molar refractivity (Wildman–Crippen MR) is 99.3 cm³/mol. The molecule has 0 saturated carbocycles. The van der Waals surface area contributed by atoms with Crippen LogP contribution >= 0.6 is 22.9 Å². The molecule has 2 heterocycles. The number of amides is 1. The Hall–Kier alpha value is -2.42. The van der Waals surface area contributed by atoms with Crippen LogP contribution in [0.4, 0.5) is 10.5 Å². The van der Waals surface area contributed by atoms with Crippen molar-refractivity contribution < 1.29 is 14.6 Å². The first-order valence-corrected chi connectivity index (χ1v) is 9.09. The quantitative estimate of drug-likeness (QED) is 0.665. The molecular weight excluding hydrogens is 376 g/mol. The molecule has 0 aliphatic rings. The molecule has 3 rings (SSSR count). The van der Waals surface area contributed by atoms with Gasteiger partial charge in [-0.25, -0.2) is 9.78 Å². The van der Waals surface area contributed by atoms with Gasteiger partial charge in [0.25, 0.3) is 0 Å². The lowest BCUT2D eigenvalue weighted by Gasteiger charge is -2.06. The number of anilines is 1. The third-order valence-corrected chi connectivity index (χ3v) is 4.88. The van der Waals surface area contributed by atoms with E-state index in [0.29, 0.717) is 22.3 Å². The van der Waals surface area contributed by atoms with E-state index < -0.39 is 12.2 Å². The first-order chi connectivity index (χ1) is 12.5. The fourth-order valence-electron chi connectivity index (χ4n) is 2.18. The second-order valence-electron chi connectivity index (χ2n) is 5.57. The van der Waals surface area contributed by atoms with E-state index in [1.165, 1.54) is 17.5 Å². The van der Waals surface area contributed by atoms with Gasteiger partial charge >= 0.3 is 6.09 Å². The van der Waals surface area contributed by atoms with Crippen molar-refractivity contribution in [3.8, 4) is 0 Å². The Kier molecular flexibility index (Phi) is 5.87. The van der Waals surface area contributed by atoms with Gasteiger partial charge in [0.05, 0.1) is 24.1 Å². The number of aliphatic hydroxyl groups excluding tert-OH is 1. The van der Waals surface area contributed by atoms with Crippen molar-refractivity contribution in [2.75, 3.05) is 5.32 Å². The van der Waals surface area contributed by atoms with Gasteiger partial charge in [0, 0.05) is 22.2 Å². The van der Waals surface area contributed by atoms with Crippen LogP contribution in [0, 0.1) is 0 Å². The molecule has 0 fully saturated rings. The highest BCUT2D eigenvalue weighted by Crippen LogP contribution is 2.19. The monoisotopic (exact) mass is 392 g/mol. The van der Waals surface area contributed by atoms with Crippen molar-refractivity contribution in [2.45, 2.75) is 26.2 Å². The van der Waals surface area contributed by atoms with E-state index in [1.54, 1.807) is 29.9 Å². The largest absolute Gasteiger partial charge is 0.444 e. The minimum Gasteiger partial charge on any atom is -0.444 e. The second-order valence-corrected chi connectivity index (χ2v) is 6.87. The summed E-state index contributed by atoms with van der Waals surface area (Å²) in [5.74, 6) is 0. The highest BCUT2D eigenvalue weighted by atomic mass is 35.5. The van der Waals surface area contributed by atoms with Crippen LogP contribution in [0.1, 0.15) is 29.3 Å². The summed E-state index contributed by atoms with van der Waals surface area (Å²) in [5, 5.41) is 19.4. The highest BCUT2D eigenvalue weighted by Gasteiger charge is 2.10. The molecule has 0 saturated heterocycles. The number of hydrogen-bond donors (Lipinski definition) is 2. The van der Waals surface area contributed by atoms with Crippen LogP contribution in [0.25, 0.3) is 0 Å². The summed E-state index contributed by atoms with van der Waals surface area (Å²) in [6.45, 7) is 2.20. The molecule has 0 spiro atoms. The van der Waals surface area contributed by atoms with Crippen LogP contribution in [0.15, 0.2) is 42.0 Å². The van der Waals surface area contributed by atoms with Gasteiger partial charge in [0.1, 0.15) is 17.7 Å². The predicted octanol–water partition coefficient (Wildman–Crippen LogP) is 3.84. The maximum absolute atomic E-state index is 11.9. The van der Waals surface area contributed by atoms with Crippen LogP contribution < -0.4 is 5.32 Å². The number of aliphatic hydroxyl groups is 1. The van der Waals surface area contributed by atoms with Gasteiger partial charge in [-0.05, 0) is 13.0 Å². The first-order valence-electron chi connectivity index (χ1n) is 7.83. The van der Waals surface area contributed by atoms with Crippen molar-refractivity contribution in [2.24, 2.45) is 0 Å². The number of halogens is 1. The molecule has 1 aromatic carbocycles. The van der Waals surface area contributed by atoms with E-state index in [4.69, 9.17) is 16.3 Å². The topological polar surface area (TPSA) is 89.3 Å². The number of ether oxygens (including phenoxy) is 1. The molecule has 0 aliphatic heterocycles. The van der Waals surface area contributed by atoms with Crippen molar-refractivity contribution >= 4 is 34.7 Å². The molecule has 3 aromatic rings. The lowest BCUT2D eigenvalue weighted by molar-refractivity contribution is 0.155. The van der Waals surface area contributed by atoms with Gasteiger partial charge in [-0.15, -0.1) is 11.3 Å². The van der Waals surface area contributed by atoms with Gasteiger partial charge < -0.3 is 9.84 Å². The van der Waals surface area contributed by atoms with Crippen molar-refractivity contribution in [1.29, 1.82) is 0 Å². The van der Waals surface area contributed by atoms with Crippen LogP contribution in [0.3, 0.4) is 0 Å². The Morgan fingerprint density at radius 1 is 1.46 bits per heavy atom. The van der Waals surface area contributed by atoms with E-state index in [0.717, 1.165) is 11.3 Å². The normalized spacial score (nSPS) is 12.0. The molecule has 0 bridgehead atoms. The lowest BCUT2D eigenvalue weighted by atomic mass is 10.2. The molecule has 2 N–H and O–H groups in total. The van der Waals surface area contributed by atoms with Crippen LogP contribution in [-0.4, -0.2) is 26.0 Å². The van der Waals surface area contributed by atoms with Crippen molar-refractivity contribution in [1.82, 2.24) is 14.8 Å². The standard InChI is InChI=1S/C17H17ClN4O3S/c1-11(23)16-20-14(10-26-16)8-22-7-13(6-19-22)21-17(24)25-9-12-4-2-3-5-15(12)18/h2-7,10-11,23H,8-9H2,1H3,(H,21,24)/t11-/m0/s1. The van der Waals surface area contributed by atoms with E-state index >= 15 is 0 Å². The average Bonchev–Trinajstić information content (AvgIpc) is 3.24. The Bertz CT molecular complexity index is 894. The maximum Gasteiger partial charge on any atom is 0.412 e. The average molecular weight is 393 g/mol. The van der Waals surface area contributed by atoms with Gasteiger partial charge in [-0.2, -0.15) is 5.10 Å². The fourth-order valence-corrected chi connectivity index (χ4v) is 3.12. The van der Waals surface area contributed by atoms with Gasteiger partial charge in [0.15, 0.2) is 0 Å². The van der Waals surface area contributed by atoms with Gasteiger partial charge in [-0.1, -0.05) is 29.8 Å². The zero-order chi connectivity index (χ0) is 18.5. The summed E-state index contributed by atoms with van der Waals surface area (Å²) in [7, 11) is 0. The zero-order valence-corrected chi connectivity index (χ0v) is 15.5. The third kappa shape index (κ3) is 4.81. The SMILES string of the molecule is C[C@H](O)c1nc(Cn2cc(NC(=O)OCc3ccccc3Cl)cn2)cs1. The molecule has 1 atom stereocenters. The summed E-state index contributed by atoms with van der Waals surface area (Å²) in [6.07, 6.45) is 2.03. The van der Waals surface area contributed by atoms with Gasteiger partial charge in [-0.3, -0.25) is 10.00 Å². The number of rotatable bonds is 6. The van der Waals surface area contributed by atoms with Crippen LogP contribution in [0.2, 0.25) is 5.02 Å². The molecule has 136 valence electrons. The molecular formula is C17H17ClN4O3S. The Morgan fingerprint density at radius 2 is 2.27 bits per heavy atom. The van der Waals surface area contributed by atoms with Gasteiger partial charge in [0.2, 0.25) is 0 Å².